The number of Topliss-reactive ketones (excluding diaryl/α,β-unsaturated/α-hetero) is 2. The van der Waals surface area contributed by atoms with Crippen molar-refractivity contribution in [1.29, 1.82) is 0 Å². The van der Waals surface area contributed by atoms with Crippen LogP contribution in [0.2, 0.25) is 0 Å². The Morgan fingerprint density at radius 3 is 1.17 bits per heavy atom. The van der Waals surface area contributed by atoms with E-state index in [0.29, 0.717) is 19.0 Å². The maximum absolute atomic E-state index is 13.2. The molecule has 418 valence electrons. The average molecular weight is 1320 g/mol. The van der Waals surface area contributed by atoms with Gasteiger partial charge in [-0.15, -0.1) is 0 Å². The second kappa shape index (κ2) is 29.7. The molecule has 2 fully saturated rings. The third-order valence-corrected chi connectivity index (χ3v) is 24.5. The molecular formula is C67H86I2O7S2+4. The Labute approximate surface area is 495 Å². The smallest absolute Gasteiger partial charge is 0.357 e. The van der Waals surface area contributed by atoms with E-state index in [1.807, 2.05) is 42.5 Å². The van der Waals surface area contributed by atoms with E-state index in [2.05, 4.69) is 192 Å². The zero-order valence-electron chi connectivity index (χ0n) is 48.6. The molecule has 3 heterocycles. The summed E-state index contributed by atoms with van der Waals surface area (Å²) in [6.07, 6.45) is 0. The van der Waals surface area contributed by atoms with Crippen LogP contribution in [0.4, 0.5) is 0 Å². The molecule has 3 aliphatic heterocycles. The van der Waals surface area contributed by atoms with Crippen LogP contribution in [0.3, 0.4) is 0 Å². The van der Waals surface area contributed by atoms with Crippen molar-refractivity contribution >= 4 is 33.4 Å². The second-order valence-electron chi connectivity index (χ2n) is 23.7. The highest BCUT2D eigenvalue weighted by molar-refractivity contribution is 7.98. The van der Waals surface area contributed by atoms with Gasteiger partial charge in [0, 0.05) is 43.7 Å². The number of benzene rings is 6. The minimum absolute atomic E-state index is 0.0222. The average Bonchev–Trinajstić information content (AvgIpc) is 3.43. The molecule has 11 heteroatoms. The molecule has 78 heavy (non-hydrogen) atoms. The van der Waals surface area contributed by atoms with Crippen LogP contribution in [0.25, 0.3) is 0 Å². The Morgan fingerprint density at radius 2 is 0.795 bits per heavy atom. The number of rotatable bonds is 11. The van der Waals surface area contributed by atoms with E-state index in [4.69, 9.17) is 23.7 Å². The molecular weight excluding hydrogens is 1230 g/mol. The molecule has 0 aliphatic carbocycles. The van der Waals surface area contributed by atoms with E-state index in [1.54, 1.807) is 7.11 Å². The topological polar surface area (TPSA) is 80.3 Å². The lowest BCUT2D eigenvalue weighted by Crippen LogP contribution is -3.61. The Kier molecular flexibility index (Phi) is 24.1. The molecule has 0 bridgehead atoms. The zero-order valence-corrected chi connectivity index (χ0v) is 54.5. The van der Waals surface area contributed by atoms with Crippen LogP contribution in [0.5, 0.6) is 17.2 Å². The molecule has 0 saturated carbocycles. The van der Waals surface area contributed by atoms with Crippen LogP contribution in [0, 0.1) is 25.1 Å². The van der Waals surface area contributed by atoms with Gasteiger partial charge in [-0.3, -0.25) is 9.59 Å². The minimum Gasteiger partial charge on any atom is -0.497 e. The number of methoxy groups -OCH3 is 1. The summed E-state index contributed by atoms with van der Waals surface area (Å²) < 4.78 is 33.2. The summed E-state index contributed by atoms with van der Waals surface area (Å²) in [6.45, 7) is 30.8. The first-order valence-electron chi connectivity index (χ1n) is 27.2. The van der Waals surface area contributed by atoms with Gasteiger partial charge >= 0.3 is 42.4 Å². The van der Waals surface area contributed by atoms with Gasteiger partial charge in [0.05, 0.1) is 33.5 Å². The lowest BCUT2D eigenvalue weighted by atomic mass is 9.87. The quantitative estimate of drug-likeness (QED) is 0.0743. The van der Waals surface area contributed by atoms with Gasteiger partial charge in [0.2, 0.25) is 11.6 Å². The Hall–Kier alpha value is -3.86. The van der Waals surface area contributed by atoms with Crippen LogP contribution >= 0.6 is 0 Å². The van der Waals surface area contributed by atoms with E-state index in [9.17, 15) is 9.59 Å². The third-order valence-electron chi connectivity index (χ3n) is 13.2. The van der Waals surface area contributed by atoms with Gasteiger partial charge in [0.25, 0.3) is 0 Å². The molecule has 0 radical (unpaired) electrons. The highest BCUT2D eigenvalue weighted by Gasteiger charge is 2.48. The van der Waals surface area contributed by atoms with Crippen molar-refractivity contribution < 1.29 is 75.7 Å². The van der Waals surface area contributed by atoms with Crippen LogP contribution in [-0.4, -0.2) is 91.8 Å². The molecule has 2 unspecified atom stereocenters. The van der Waals surface area contributed by atoms with Crippen molar-refractivity contribution in [3.63, 3.8) is 0 Å². The van der Waals surface area contributed by atoms with Crippen LogP contribution in [0.15, 0.2) is 152 Å². The number of carbonyl (C=O) groups is 2. The molecule has 0 aromatic heterocycles. The summed E-state index contributed by atoms with van der Waals surface area (Å²) >= 11 is -0.0416. The molecule has 6 aromatic carbocycles. The van der Waals surface area contributed by atoms with Crippen molar-refractivity contribution in [2.24, 2.45) is 10.8 Å². The predicted molar refractivity (Wildman–Crippen MR) is 319 cm³/mol. The highest BCUT2D eigenvalue weighted by atomic mass is 127. The Bertz CT molecular complexity index is 2660. The van der Waals surface area contributed by atoms with Crippen LogP contribution in [0.1, 0.15) is 115 Å². The molecule has 9 rings (SSSR count). The Morgan fingerprint density at radius 1 is 0.436 bits per heavy atom. The predicted octanol–water partition coefficient (Wildman–Crippen LogP) is 7.87. The maximum atomic E-state index is 13.2. The molecule has 0 N–H and O–H groups in total. The van der Waals surface area contributed by atoms with Crippen LogP contribution < -0.4 is 56.6 Å². The van der Waals surface area contributed by atoms with Crippen LogP contribution in [-0.2, 0) is 42.1 Å². The summed E-state index contributed by atoms with van der Waals surface area (Å²) in [4.78, 5) is 26.3. The fraction of sp³-hybridized carbons (Fsp3) is 0.433. The molecule has 7 nitrogen and oxygen atoms in total. The molecule has 2 saturated heterocycles. The number of ketones is 2. The molecule has 2 atom stereocenters. The largest absolute Gasteiger partial charge is 0.497 e. The summed E-state index contributed by atoms with van der Waals surface area (Å²) in [6, 6.07) is 52.9. The first-order chi connectivity index (χ1) is 37.0. The van der Waals surface area contributed by atoms with Crippen molar-refractivity contribution in [2.45, 2.75) is 104 Å². The van der Waals surface area contributed by atoms with Gasteiger partial charge in [-0.1, -0.05) is 144 Å². The molecule has 0 spiro atoms. The van der Waals surface area contributed by atoms with Crippen molar-refractivity contribution in [3.8, 4) is 17.2 Å². The summed E-state index contributed by atoms with van der Waals surface area (Å²) in [5.74, 6) is 6.66. The van der Waals surface area contributed by atoms with E-state index in [-0.39, 0.29) is 108 Å². The summed E-state index contributed by atoms with van der Waals surface area (Å²) in [7, 11) is 1.81. The highest BCUT2D eigenvalue weighted by Crippen LogP contribution is 2.36. The fourth-order valence-electron chi connectivity index (χ4n) is 9.12. The lowest BCUT2D eigenvalue weighted by molar-refractivity contribution is -0.597. The summed E-state index contributed by atoms with van der Waals surface area (Å²) in [5, 5.41) is 0.0868. The lowest BCUT2D eigenvalue weighted by Gasteiger charge is -2.31. The number of fused-ring (bicyclic) bond motifs is 1. The SMILES string of the molecule is CC(C)(C)C(C(=O)c1ccc2c(c1)OCCO2)[S+]1CCOCC1.CC(C)(C)c1ccc([I+]c2ccc(C(C)(C)C)cc2)cc1.COc1ccc(C(=O)C([S+]2CCOCC2)C(C)(C)C)cc1.c1ccc([I+]c2ccccc2)cc1. The first-order valence-corrected chi connectivity index (χ1v) is 34.8. The van der Waals surface area contributed by atoms with Gasteiger partial charge in [0.1, 0.15) is 42.0 Å². The van der Waals surface area contributed by atoms with E-state index in [1.165, 1.54) is 25.4 Å². The molecule has 0 amide bonds. The van der Waals surface area contributed by atoms with Gasteiger partial charge < -0.3 is 23.7 Å². The van der Waals surface area contributed by atoms with Crippen molar-refractivity contribution in [2.75, 3.05) is 69.8 Å². The fourth-order valence-corrected chi connectivity index (χ4v) is 19.1. The number of halogens is 2. The number of carbonyl (C=O) groups excluding carboxylic acids is 2. The normalized spacial score (nSPS) is 15.9. The monoisotopic (exact) mass is 1320 g/mol. The number of ether oxygens (including phenoxy) is 5. The second-order valence-corrected chi connectivity index (χ2v) is 34.5. The molecule has 3 aliphatic rings. The maximum Gasteiger partial charge on any atom is 0.357 e. The summed E-state index contributed by atoms with van der Waals surface area (Å²) in [5.41, 5.74) is 4.73. The minimum atomic E-state index is -0.0703. The zero-order chi connectivity index (χ0) is 56.5. The Balaban J connectivity index is 0.000000171. The van der Waals surface area contributed by atoms with Gasteiger partial charge in [-0.2, -0.15) is 0 Å². The van der Waals surface area contributed by atoms with Gasteiger partial charge in [-0.05, 0) is 113 Å². The first kappa shape index (κ1) is 63.3. The third kappa shape index (κ3) is 19.7. The molecule has 6 aromatic rings. The van der Waals surface area contributed by atoms with Crippen molar-refractivity contribution in [1.82, 2.24) is 0 Å². The number of hydrogen-bond donors (Lipinski definition) is 0. The van der Waals surface area contributed by atoms with E-state index < -0.39 is 0 Å². The number of hydrogen-bond acceptors (Lipinski definition) is 7. The van der Waals surface area contributed by atoms with E-state index >= 15 is 0 Å². The van der Waals surface area contributed by atoms with Gasteiger partial charge in [-0.25, -0.2) is 0 Å². The van der Waals surface area contributed by atoms with Gasteiger partial charge in [0.15, 0.2) is 36.3 Å². The standard InChI is InChI=1S/C20H26I.C18H25O4S.C17H25O3S.C12H10I/c1-19(2,3)15-7-11-17(12-8-15)21-18-13-9-16(10-14-18)20(4,5)6;1-18(2,3)17(23-10-8-20-9-11-23)16(19)13-4-5-14-15(12-13)22-7-6-21-14;1-17(2,3)16(21-11-9-20-10-12-21)15(18)13-5-7-14(19-4)8-6-13;1-3-7-11(8-4-1)13-12-9-5-2-6-10-12/h7-14H,1-6H3;4-5,12,17H,6-11H2,1-3H3;5-8,16H,9-12H2,1-4H3;1-10H/q4*+1. The van der Waals surface area contributed by atoms with Crippen molar-refractivity contribution in [3.05, 3.63) is 188 Å². The van der Waals surface area contributed by atoms with E-state index in [0.717, 1.165) is 72.1 Å².